The molecule has 0 bridgehead atoms. The maximum absolute atomic E-state index is 12.0. The largest absolute Gasteiger partial charge is 0.507 e. The summed E-state index contributed by atoms with van der Waals surface area (Å²) in [7, 11) is 0. The summed E-state index contributed by atoms with van der Waals surface area (Å²) in [6, 6.07) is 21.8. The molecule has 32 heavy (non-hydrogen) atoms. The van der Waals surface area contributed by atoms with Gasteiger partial charge in [0.1, 0.15) is 11.5 Å². The van der Waals surface area contributed by atoms with Gasteiger partial charge in [-0.25, -0.2) is 5.43 Å². The molecule has 1 amide bonds. The van der Waals surface area contributed by atoms with E-state index in [-0.39, 0.29) is 12.4 Å². The molecule has 3 aromatic rings. The van der Waals surface area contributed by atoms with Gasteiger partial charge in [0.2, 0.25) is 0 Å². The Kier molecular flexibility index (Phi) is 8.09. The third kappa shape index (κ3) is 6.77. The van der Waals surface area contributed by atoms with E-state index in [2.05, 4.69) is 34.6 Å². The van der Waals surface area contributed by atoms with Gasteiger partial charge >= 0.3 is 0 Å². The van der Waals surface area contributed by atoms with Crippen molar-refractivity contribution in [2.45, 2.75) is 26.2 Å². The SMILES string of the molecule is CCC(C)c1ccc(OCC(=O)NN=Cc2cc(N=Nc3ccccc3)ccc2O)cc1. The van der Waals surface area contributed by atoms with Crippen molar-refractivity contribution in [2.75, 3.05) is 6.61 Å². The van der Waals surface area contributed by atoms with Gasteiger partial charge in [0.15, 0.2) is 6.61 Å². The Bertz CT molecular complexity index is 1080. The Labute approximate surface area is 187 Å². The lowest BCUT2D eigenvalue weighted by Crippen LogP contribution is -2.24. The van der Waals surface area contributed by atoms with Gasteiger partial charge in [0, 0.05) is 5.56 Å². The maximum Gasteiger partial charge on any atom is 0.277 e. The van der Waals surface area contributed by atoms with E-state index in [0.29, 0.717) is 22.9 Å². The number of amides is 1. The van der Waals surface area contributed by atoms with Crippen LogP contribution in [0, 0.1) is 0 Å². The number of hydrazone groups is 1. The predicted molar refractivity (Wildman–Crippen MR) is 125 cm³/mol. The second-order valence-corrected chi connectivity index (χ2v) is 7.24. The minimum absolute atomic E-state index is 0.0132. The first-order valence-electron chi connectivity index (χ1n) is 10.4. The highest BCUT2D eigenvalue weighted by atomic mass is 16.5. The average molecular weight is 431 g/mol. The highest BCUT2D eigenvalue weighted by molar-refractivity contribution is 5.86. The number of ether oxygens (including phenoxy) is 1. The lowest BCUT2D eigenvalue weighted by Gasteiger charge is -2.10. The number of nitrogens with one attached hydrogen (secondary N) is 1. The van der Waals surface area contributed by atoms with E-state index in [0.717, 1.165) is 12.1 Å². The third-order valence-corrected chi connectivity index (χ3v) is 4.87. The molecular weight excluding hydrogens is 404 g/mol. The first-order chi connectivity index (χ1) is 15.5. The first kappa shape index (κ1) is 22.7. The molecule has 0 saturated heterocycles. The Balaban J connectivity index is 1.52. The molecule has 164 valence electrons. The van der Waals surface area contributed by atoms with Crippen molar-refractivity contribution in [3.05, 3.63) is 83.9 Å². The number of carbonyl (C=O) groups is 1. The predicted octanol–water partition coefficient (Wildman–Crippen LogP) is 5.85. The standard InChI is InChI=1S/C25H26N4O3/c1-3-18(2)19-9-12-23(13-10-19)32-17-25(31)29-26-16-20-15-22(11-14-24(20)30)28-27-21-7-5-4-6-8-21/h4-16,18,30H,3,17H2,1-2H3,(H,29,31). The fourth-order valence-corrected chi connectivity index (χ4v) is 2.80. The number of azo groups is 1. The Hall–Kier alpha value is -4.00. The number of carbonyl (C=O) groups excluding carboxylic acids is 1. The Morgan fingerprint density at radius 1 is 1.03 bits per heavy atom. The van der Waals surface area contributed by atoms with E-state index in [9.17, 15) is 9.90 Å². The minimum Gasteiger partial charge on any atom is -0.507 e. The fourth-order valence-electron chi connectivity index (χ4n) is 2.80. The van der Waals surface area contributed by atoms with Crippen molar-refractivity contribution in [3.63, 3.8) is 0 Å². The zero-order valence-corrected chi connectivity index (χ0v) is 18.1. The molecule has 3 aromatic carbocycles. The first-order valence-corrected chi connectivity index (χ1v) is 10.4. The highest BCUT2D eigenvalue weighted by Gasteiger charge is 2.05. The summed E-state index contributed by atoms with van der Waals surface area (Å²) < 4.78 is 5.49. The lowest BCUT2D eigenvalue weighted by molar-refractivity contribution is -0.123. The number of rotatable bonds is 9. The Morgan fingerprint density at radius 2 is 1.75 bits per heavy atom. The number of phenols is 1. The zero-order valence-electron chi connectivity index (χ0n) is 18.1. The van der Waals surface area contributed by atoms with E-state index in [1.54, 1.807) is 12.1 Å². The van der Waals surface area contributed by atoms with Crippen molar-refractivity contribution in [1.82, 2.24) is 5.43 Å². The summed E-state index contributed by atoms with van der Waals surface area (Å²) in [5.41, 5.74) is 5.28. The lowest BCUT2D eigenvalue weighted by atomic mass is 9.99. The topological polar surface area (TPSA) is 95.6 Å². The van der Waals surface area contributed by atoms with Crippen LogP contribution in [0.4, 0.5) is 11.4 Å². The van der Waals surface area contributed by atoms with Gasteiger partial charge in [0.05, 0.1) is 17.6 Å². The molecule has 0 spiro atoms. The summed E-state index contributed by atoms with van der Waals surface area (Å²) in [5.74, 6) is 0.702. The number of hydrogen-bond donors (Lipinski definition) is 2. The molecule has 0 radical (unpaired) electrons. The second-order valence-electron chi connectivity index (χ2n) is 7.24. The van der Waals surface area contributed by atoms with Gasteiger partial charge in [0.25, 0.3) is 5.91 Å². The van der Waals surface area contributed by atoms with Crippen LogP contribution < -0.4 is 10.2 Å². The van der Waals surface area contributed by atoms with Crippen molar-refractivity contribution in [2.24, 2.45) is 15.3 Å². The third-order valence-electron chi connectivity index (χ3n) is 4.87. The minimum atomic E-state index is -0.410. The average Bonchev–Trinajstić information content (AvgIpc) is 2.83. The molecule has 0 aliphatic carbocycles. The van der Waals surface area contributed by atoms with E-state index in [1.807, 2.05) is 54.6 Å². The summed E-state index contributed by atoms with van der Waals surface area (Å²) in [6.45, 7) is 4.14. The number of nitrogens with zero attached hydrogens (tertiary/aromatic N) is 3. The molecule has 2 N–H and O–H groups in total. The molecule has 0 aromatic heterocycles. The van der Waals surface area contributed by atoms with Crippen LogP contribution in [0.15, 0.2) is 88.1 Å². The van der Waals surface area contributed by atoms with Gasteiger partial charge in [-0.15, -0.1) is 0 Å². The van der Waals surface area contributed by atoms with E-state index in [1.165, 1.54) is 17.8 Å². The van der Waals surface area contributed by atoms with E-state index in [4.69, 9.17) is 4.74 Å². The molecule has 7 nitrogen and oxygen atoms in total. The van der Waals surface area contributed by atoms with Crippen LogP contribution in [0.25, 0.3) is 0 Å². The maximum atomic E-state index is 12.0. The van der Waals surface area contributed by atoms with E-state index >= 15 is 0 Å². The molecule has 7 heteroatoms. The van der Waals surface area contributed by atoms with Gasteiger partial charge in [-0.3, -0.25) is 4.79 Å². The van der Waals surface area contributed by atoms with E-state index < -0.39 is 5.91 Å². The number of phenolic OH excluding ortho intramolecular Hbond substituents is 1. The van der Waals surface area contributed by atoms with Crippen LogP contribution in [-0.4, -0.2) is 23.8 Å². The summed E-state index contributed by atoms with van der Waals surface area (Å²) in [4.78, 5) is 12.0. The normalized spacial score (nSPS) is 12.2. The van der Waals surface area contributed by atoms with Crippen LogP contribution in [-0.2, 0) is 4.79 Å². The van der Waals surface area contributed by atoms with Crippen LogP contribution in [0.5, 0.6) is 11.5 Å². The highest BCUT2D eigenvalue weighted by Crippen LogP contribution is 2.24. The van der Waals surface area contributed by atoms with Gasteiger partial charge in [-0.05, 0) is 60.4 Å². The van der Waals surface area contributed by atoms with Crippen molar-refractivity contribution in [1.29, 1.82) is 0 Å². The molecule has 0 saturated carbocycles. The van der Waals surface area contributed by atoms with Gasteiger partial charge < -0.3 is 9.84 Å². The zero-order chi connectivity index (χ0) is 22.8. The summed E-state index contributed by atoms with van der Waals surface area (Å²) in [5, 5.41) is 22.2. The summed E-state index contributed by atoms with van der Waals surface area (Å²) >= 11 is 0. The van der Waals surface area contributed by atoms with Crippen LogP contribution in [0.1, 0.15) is 37.3 Å². The summed E-state index contributed by atoms with van der Waals surface area (Å²) in [6.07, 6.45) is 2.41. The van der Waals surface area contributed by atoms with Crippen LogP contribution >= 0.6 is 0 Å². The molecular formula is C25H26N4O3. The fraction of sp³-hybridized carbons (Fsp3) is 0.200. The van der Waals surface area contributed by atoms with Crippen molar-refractivity contribution < 1.29 is 14.6 Å². The van der Waals surface area contributed by atoms with Gasteiger partial charge in [-0.1, -0.05) is 44.2 Å². The van der Waals surface area contributed by atoms with Crippen LogP contribution in [0.3, 0.4) is 0 Å². The monoisotopic (exact) mass is 430 g/mol. The number of benzene rings is 3. The molecule has 0 aliphatic rings. The molecule has 0 aliphatic heterocycles. The number of aromatic hydroxyl groups is 1. The molecule has 3 rings (SSSR count). The van der Waals surface area contributed by atoms with Crippen LogP contribution in [0.2, 0.25) is 0 Å². The number of hydrogen-bond acceptors (Lipinski definition) is 6. The molecule has 1 unspecified atom stereocenters. The second kappa shape index (κ2) is 11.4. The Morgan fingerprint density at radius 3 is 2.47 bits per heavy atom. The quantitative estimate of drug-likeness (QED) is 0.253. The smallest absolute Gasteiger partial charge is 0.277 e. The van der Waals surface area contributed by atoms with Crippen molar-refractivity contribution >= 4 is 23.5 Å². The van der Waals surface area contributed by atoms with Crippen molar-refractivity contribution in [3.8, 4) is 11.5 Å². The molecule has 0 fully saturated rings. The molecule has 1 atom stereocenters. The molecule has 0 heterocycles. The van der Waals surface area contributed by atoms with Gasteiger partial charge in [-0.2, -0.15) is 15.3 Å².